The van der Waals surface area contributed by atoms with Gasteiger partial charge in [0.1, 0.15) is 6.54 Å². The van der Waals surface area contributed by atoms with Gasteiger partial charge in [0.15, 0.2) is 0 Å². The van der Waals surface area contributed by atoms with Gasteiger partial charge in [0, 0.05) is 50.4 Å². The number of nitrogens with one attached hydrogen (secondary N) is 1. The second kappa shape index (κ2) is 8.37. The predicted molar refractivity (Wildman–Crippen MR) is 97.5 cm³/mol. The second-order valence-electron chi connectivity index (χ2n) is 7.37. The van der Waals surface area contributed by atoms with E-state index in [1.165, 1.54) is 7.11 Å². The van der Waals surface area contributed by atoms with Crippen molar-refractivity contribution in [3.8, 4) is 0 Å². The predicted octanol–water partition coefficient (Wildman–Crippen LogP) is 1.17. The molecule has 27 heavy (non-hydrogen) atoms. The molecule has 1 unspecified atom stereocenters. The average Bonchev–Trinajstić information content (AvgIpc) is 2.69. The molecule has 1 N–H and O–H groups in total. The maximum atomic E-state index is 12.4. The minimum Gasteiger partial charge on any atom is -0.453 e. The summed E-state index contributed by atoms with van der Waals surface area (Å²) in [6.45, 7) is 2.46. The normalized spacial score (nSPS) is 22.6. The van der Waals surface area contributed by atoms with E-state index in [2.05, 4.69) is 15.0 Å². The molecule has 2 aliphatic rings. The molecule has 1 spiro atoms. The van der Waals surface area contributed by atoms with E-state index < -0.39 is 6.09 Å². The zero-order chi connectivity index (χ0) is 19.3. The summed E-state index contributed by atoms with van der Waals surface area (Å²) in [7, 11) is 1.27. The molecule has 3 amide bonds. The fourth-order valence-electron chi connectivity index (χ4n) is 4.04. The lowest BCUT2D eigenvalue weighted by Gasteiger charge is -2.48. The second-order valence-corrected chi connectivity index (χ2v) is 7.37. The maximum Gasteiger partial charge on any atom is 0.407 e. The fourth-order valence-corrected chi connectivity index (χ4v) is 4.04. The molecule has 1 aromatic heterocycles. The van der Waals surface area contributed by atoms with Crippen LogP contribution in [-0.2, 0) is 20.9 Å². The topological polar surface area (TPSA) is 91.8 Å². The van der Waals surface area contributed by atoms with Crippen molar-refractivity contribution in [2.75, 3.05) is 33.3 Å². The third-order valence-corrected chi connectivity index (χ3v) is 5.45. The molecular formula is C19H26N4O4. The number of amides is 3. The van der Waals surface area contributed by atoms with Crippen molar-refractivity contribution < 1.29 is 19.1 Å². The van der Waals surface area contributed by atoms with Crippen LogP contribution in [-0.4, -0.2) is 66.0 Å². The highest BCUT2D eigenvalue weighted by Gasteiger charge is 2.42. The third-order valence-electron chi connectivity index (χ3n) is 5.45. The molecule has 3 rings (SSSR count). The van der Waals surface area contributed by atoms with Crippen molar-refractivity contribution in [1.82, 2.24) is 20.1 Å². The van der Waals surface area contributed by atoms with Crippen molar-refractivity contribution >= 4 is 17.9 Å². The van der Waals surface area contributed by atoms with Crippen molar-refractivity contribution in [2.45, 2.75) is 32.2 Å². The number of hydrogen-bond acceptors (Lipinski definition) is 5. The highest BCUT2D eigenvalue weighted by molar-refractivity contribution is 5.82. The number of rotatable bonds is 4. The van der Waals surface area contributed by atoms with Gasteiger partial charge in [-0.1, -0.05) is 0 Å². The van der Waals surface area contributed by atoms with Gasteiger partial charge in [0.2, 0.25) is 11.8 Å². The molecule has 8 heteroatoms. The van der Waals surface area contributed by atoms with Crippen LogP contribution >= 0.6 is 0 Å². The Labute approximate surface area is 158 Å². The average molecular weight is 374 g/mol. The quantitative estimate of drug-likeness (QED) is 0.854. The summed E-state index contributed by atoms with van der Waals surface area (Å²) in [6, 6.07) is 3.84. The standard InChI is InChI=1S/C19H26N4O4/c1-27-18(26)21-11-17(25)22-10-2-6-19(13-22)7-3-16(24)23(14-19)12-15-4-8-20-9-5-15/h4-5,8-9H,2-3,6-7,10-14H2,1H3,(H,21,26). The Morgan fingerprint density at radius 2 is 2.04 bits per heavy atom. The summed E-state index contributed by atoms with van der Waals surface area (Å²) in [5.41, 5.74) is 0.988. The molecule has 0 radical (unpaired) electrons. The highest BCUT2D eigenvalue weighted by atomic mass is 16.5. The fraction of sp³-hybridized carbons (Fsp3) is 0.579. The van der Waals surface area contributed by atoms with E-state index in [-0.39, 0.29) is 23.8 Å². The number of hydrogen-bond donors (Lipinski definition) is 1. The molecular weight excluding hydrogens is 348 g/mol. The number of nitrogens with zero attached hydrogens (tertiary/aromatic N) is 3. The summed E-state index contributed by atoms with van der Waals surface area (Å²) in [5.74, 6) is 0.0466. The van der Waals surface area contributed by atoms with E-state index >= 15 is 0 Å². The number of likely N-dealkylation sites (tertiary alicyclic amines) is 2. The molecule has 0 saturated carbocycles. The lowest BCUT2D eigenvalue weighted by molar-refractivity contribution is -0.143. The first-order chi connectivity index (χ1) is 13.0. The largest absolute Gasteiger partial charge is 0.453 e. The zero-order valence-corrected chi connectivity index (χ0v) is 15.6. The summed E-state index contributed by atoms with van der Waals surface area (Å²) in [5, 5.41) is 2.45. The van der Waals surface area contributed by atoms with Crippen molar-refractivity contribution in [3.63, 3.8) is 0 Å². The number of piperidine rings is 2. The smallest absolute Gasteiger partial charge is 0.407 e. The monoisotopic (exact) mass is 374 g/mol. The lowest BCUT2D eigenvalue weighted by atomic mass is 9.73. The molecule has 0 bridgehead atoms. The molecule has 2 saturated heterocycles. The number of methoxy groups -OCH3 is 1. The van der Waals surface area contributed by atoms with Gasteiger partial charge in [-0.2, -0.15) is 0 Å². The first-order valence-corrected chi connectivity index (χ1v) is 9.28. The molecule has 1 aromatic rings. The summed E-state index contributed by atoms with van der Waals surface area (Å²) >= 11 is 0. The van der Waals surface area contributed by atoms with Gasteiger partial charge in [-0.3, -0.25) is 14.6 Å². The van der Waals surface area contributed by atoms with E-state index in [0.717, 1.165) is 24.8 Å². The zero-order valence-electron chi connectivity index (χ0n) is 15.6. The van der Waals surface area contributed by atoms with Gasteiger partial charge in [-0.05, 0) is 37.0 Å². The molecule has 8 nitrogen and oxygen atoms in total. The van der Waals surface area contributed by atoms with Crippen molar-refractivity contribution in [1.29, 1.82) is 0 Å². The molecule has 0 aliphatic carbocycles. The van der Waals surface area contributed by atoms with Gasteiger partial charge in [-0.15, -0.1) is 0 Å². The summed E-state index contributed by atoms with van der Waals surface area (Å²) in [6.07, 6.45) is 6.06. The highest BCUT2D eigenvalue weighted by Crippen LogP contribution is 2.39. The first-order valence-electron chi connectivity index (χ1n) is 9.28. The number of carbonyl (C=O) groups is 3. The van der Waals surface area contributed by atoms with E-state index in [9.17, 15) is 14.4 Å². The SMILES string of the molecule is COC(=O)NCC(=O)N1CCCC2(CCC(=O)N(Cc3ccncc3)C2)C1. The summed E-state index contributed by atoms with van der Waals surface area (Å²) in [4.78, 5) is 43.8. The Morgan fingerprint density at radius 1 is 1.26 bits per heavy atom. The number of aromatic nitrogens is 1. The molecule has 3 heterocycles. The Kier molecular flexibility index (Phi) is 5.93. The minimum atomic E-state index is -0.609. The molecule has 1 atom stereocenters. The van der Waals surface area contributed by atoms with Crippen LogP contribution in [0.25, 0.3) is 0 Å². The third kappa shape index (κ3) is 4.75. The number of pyridine rings is 1. The number of alkyl carbamates (subject to hydrolysis) is 1. The van der Waals surface area contributed by atoms with Crippen LogP contribution < -0.4 is 5.32 Å². The van der Waals surface area contributed by atoms with Crippen LogP contribution in [0.3, 0.4) is 0 Å². The Balaban J connectivity index is 1.63. The minimum absolute atomic E-state index is 0.0671. The Hall–Kier alpha value is -2.64. The Morgan fingerprint density at radius 3 is 2.78 bits per heavy atom. The van der Waals surface area contributed by atoms with E-state index in [1.54, 1.807) is 17.3 Å². The molecule has 146 valence electrons. The molecule has 2 aliphatic heterocycles. The van der Waals surface area contributed by atoms with Crippen LogP contribution in [0.4, 0.5) is 4.79 Å². The van der Waals surface area contributed by atoms with E-state index in [4.69, 9.17) is 0 Å². The number of carbonyl (C=O) groups excluding carboxylic acids is 3. The molecule has 0 aromatic carbocycles. The van der Waals surface area contributed by atoms with Gasteiger partial charge < -0.3 is 19.9 Å². The summed E-state index contributed by atoms with van der Waals surface area (Å²) < 4.78 is 4.51. The van der Waals surface area contributed by atoms with Crippen LogP contribution in [0.5, 0.6) is 0 Å². The van der Waals surface area contributed by atoms with Gasteiger partial charge in [0.05, 0.1) is 7.11 Å². The van der Waals surface area contributed by atoms with Gasteiger partial charge in [0.25, 0.3) is 0 Å². The maximum absolute atomic E-state index is 12.4. The Bertz CT molecular complexity index is 696. The van der Waals surface area contributed by atoms with Crippen LogP contribution in [0.2, 0.25) is 0 Å². The van der Waals surface area contributed by atoms with Crippen LogP contribution in [0.15, 0.2) is 24.5 Å². The van der Waals surface area contributed by atoms with Crippen molar-refractivity contribution in [3.05, 3.63) is 30.1 Å². The van der Waals surface area contributed by atoms with E-state index in [1.807, 2.05) is 17.0 Å². The lowest BCUT2D eigenvalue weighted by Crippen LogP contribution is -2.55. The first kappa shape index (κ1) is 19.1. The van der Waals surface area contributed by atoms with Crippen LogP contribution in [0.1, 0.15) is 31.2 Å². The molecule has 2 fully saturated rings. The van der Waals surface area contributed by atoms with Gasteiger partial charge >= 0.3 is 6.09 Å². The van der Waals surface area contributed by atoms with Crippen molar-refractivity contribution in [2.24, 2.45) is 5.41 Å². The van der Waals surface area contributed by atoms with E-state index in [0.29, 0.717) is 32.6 Å². The van der Waals surface area contributed by atoms with Crippen LogP contribution in [0, 0.1) is 5.41 Å². The van der Waals surface area contributed by atoms with Gasteiger partial charge in [-0.25, -0.2) is 4.79 Å². The number of ether oxygens (including phenoxy) is 1.